The van der Waals surface area contributed by atoms with Gasteiger partial charge in [0.05, 0.1) is 5.69 Å². The van der Waals surface area contributed by atoms with Crippen LogP contribution in [0.25, 0.3) is 0 Å². The summed E-state index contributed by atoms with van der Waals surface area (Å²) >= 11 is 0. The standard InChI is InChI=1S/C19H16FNO5/c20-14-5-1-12(2-6-14)3-8-19(24)26-10-16(22)13-4-7-17-15(9-13)21-18(23)11-25-17/h1-2,4-7,9H,3,8,10-11H2,(H,21,23). The number of carbonyl (C=O) groups excluding carboxylic acids is 3. The van der Waals surface area contributed by atoms with Crippen LogP contribution in [0.1, 0.15) is 22.3 Å². The van der Waals surface area contributed by atoms with Crippen LogP contribution in [0.15, 0.2) is 42.5 Å². The fourth-order valence-corrected chi connectivity index (χ4v) is 2.46. The number of halogens is 1. The Kier molecular flexibility index (Phi) is 5.26. The van der Waals surface area contributed by atoms with Crippen LogP contribution in [0.5, 0.6) is 5.75 Å². The Bertz CT molecular complexity index is 848. The van der Waals surface area contributed by atoms with Crippen molar-refractivity contribution < 1.29 is 28.2 Å². The summed E-state index contributed by atoms with van der Waals surface area (Å²) < 4.78 is 23.0. The number of esters is 1. The van der Waals surface area contributed by atoms with Gasteiger partial charge < -0.3 is 14.8 Å². The normalized spacial score (nSPS) is 12.6. The molecule has 26 heavy (non-hydrogen) atoms. The maximum atomic E-state index is 12.8. The van der Waals surface area contributed by atoms with E-state index < -0.39 is 12.6 Å². The average Bonchev–Trinajstić information content (AvgIpc) is 2.65. The molecule has 0 aliphatic carbocycles. The van der Waals surface area contributed by atoms with Crippen LogP contribution in [0.4, 0.5) is 10.1 Å². The van der Waals surface area contributed by atoms with Crippen molar-refractivity contribution >= 4 is 23.3 Å². The zero-order valence-electron chi connectivity index (χ0n) is 13.8. The van der Waals surface area contributed by atoms with Gasteiger partial charge >= 0.3 is 5.97 Å². The van der Waals surface area contributed by atoms with E-state index in [1.54, 1.807) is 24.3 Å². The Morgan fingerprint density at radius 3 is 2.69 bits per heavy atom. The molecule has 1 aliphatic heterocycles. The van der Waals surface area contributed by atoms with Gasteiger partial charge in [0.15, 0.2) is 19.0 Å². The number of benzene rings is 2. The van der Waals surface area contributed by atoms with E-state index in [9.17, 15) is 18.8 Å². The van der Waals surface area contributed by atoms with Gasteiger partial charge in [0.2, 0.25) is 0 Å². The number of amides is 1. The number of ketones is 1. The molecule has 1 N–H and O–H groups in total. The molecule has 0 unspecified atom stereocenters. The highest BCUT2D eigenvalue weighted by atomic mass is 19.1. The molecular weight excluding hydrogens is 341 g/mol. The molecule has 0 bridgehead atoms. The number of aryl methyl sites for hydroxylation is 1. The Labute approximate surface area is 148 Å². The molecule has 2 aromatic rings. The van der Waals surface area contributed by atoms with Crippen LogP contribution in [-0.4, -0.2) is 30.9 Å². The minimum absolute atomic E-state index is 0.0635. The molecule has 6 nitrogen and oxygen atoms in total. The number of fused-ring (bicyclic) bond motifs is 1. The summed E-state index contributed by atoms with van der Waals surface area (Å²) in [6, 6.07) is 10.4. The summed E-state index contributed by atoms with van der Waals surface area (Å²) in [5, 5.41) is 2.61. The van der Waals surface area contributed by atoms with Gasteiger partial charge in [-0.05, 0) is 42.3 Å². The van der Waals surface area contributed by atoms with Crippen molar-refractivity contribution in [1.82, 2.24) is 0 Å². The Balaban J connectivity index is 1.50. The summed E-state index contributed by atoms with van der Waals surface area (Å²) in [5.41, 5.74) is 1.52. The Morgan fingerprint density at radius 2 is 1.92 bits per heavy atom. The lowest BCUT2D eigenvalue weighted by molar-refractivity contribution is -0.142. The van der Waals surface area contributed by atoms with E-state index in [4.69, 9.17) is 9.47 Å². The predicted octanol–water partition coefficient (Wildman–Crippen LogP) is 2.52. The van der Waals surface area contributed by atoms with Crippen molar-refractivity contribution in [2.75, 3.05) is 18.5 Å². The van der Waals surface area contributed by atoms with Gasteiger partial charge in [0.25, 0.3) is 5.91 Å². The Hall–Kier alpha value is -3.22. The summed E-state index contributed by atoms with van der Waals surface area (Å²) in [5.74, 6) is -1.06. The molecule has 2 aromatic carbocycles. The fourth-order valence-electron chi connectivity index (χ4n) is 2.46. The van der Waals surface area contributed by atoms with Gasteiger partial charge in [0, 0.05) is 12.0 Å². The van der Waals surface area contributed by atoms with E-state index in [-0.39, 0.29) is 30.5 Å². The molecule has 1 heterocycles. The van der Waals surface area contributed by atoms with Gasteiger partial charge in [-0.15, -0.1) is 0 Å². The first-order valence-corrected chi connectivity index (χ1v) is 8.01. The van der Waals surface area contributed by atoms with Gasteiger partial charge in [-0.1, -0.05) is 12.1 Å². The van der Waals surface area contributed by atoms with Crippen LogP contribution < -0.4 is 10.1 Å². The summed E-state index contributed by atoms with van der Waals surface area (Å²) in [6.45, 7) is -0.457. The van der Waals surface area contributed by atoms with Crippen LogP contribution in [0.2, 0.25) is 0 Å². The second-order valence-corrected chi connectivity index (χ2v) is 5.76. The minimum Gasteiger partial charge on any atom is -0.482 e. The van der Waals surface area contributed by atoms with Gasteiger partial charge in [0.1, 0.15) is 11.6 Å². The highest BCUT2D eigenvalue weighted by Gasteiger charge is 2.18. The van der Waals surface area contributed by atoms with E-state index in [0.717, 1.165) is 5.56 Å². The number of nitrogens with one attached hydrogen (secondary N) is 1. The summed E-state index contributed by atoms with van der Waals surface area (Å²) in [6.07, 6.45) is 0.489. The van der Waals surface area contributed by atoms with Crippen molar-refractivity contribution in [3.8, 4) is 5.75 Å². The highest BCUT2D eigenvalue weighted by Crippen LogP contribution is 2.28. The second-order valence-electron chi connectivity index (χ2n) is 5.76. The monoisotopic (exact) mass is 357 g/mol. The number of rotatable bonds is 6. The minimum atomic E-state index is -0.516. The number of ether oxygens (including phenoxy) is 2. The first-order valence-electron chi connectivity index (χ1n) is 8.01. The molecule has 0 atom stereocenters. The fraction of sp³-hybridized carbons (Fsp3) is 0.211. The molecule has 0 fully saturated rings. The maximum absolute atomic E-state index is 12.8. The first kappa shape index (κ1) is 17.6. The molecule has 1 amide bonds. The molecule has 0 radical (unpaired) electrons. The molecule has 0 saturated carbocycles. The lowest BCUT2D eigenvalue weighted by Gasteiger charge is -2.18. The Morgan fingerprint density at radius 1 is 1.15 bits per heavy atom. The van der Waals surface area contributed by atoms with Crippen molar-refractivity contribution in [3.05, 3.63) is 59.4 Å². The number of Topliss-reactive ketones (excluding diaryl/α,β-unsaturated/α-hetero) is 1. The molecular formula is C19H16FNO5. The first-order chi connectivity index (χ1) is 12.5. The SMILES string of the molecule is O=C1COc2ccc(C(=O)COC(=O)CCc3ccc(F)cc3)cc2N1. The van der Waals surface area contributed by atoms with Crippen molar-refractivity contribution in [3.63, 3.8) is 0 Å². The topological polar surface area (TPSA) is 81.7 Å². The third-order valence-electron chi connectivity index (χ3n) is 3.83. The summed E-state index contributed by atoms with van der Waals surface area (Å²) in [7, 11) is 0. The molecule has 7 heteroatoms. The van der Waals surface area contributed by atoms with Crippen molar-refractivity contribution in [2.24, 2.45) is 0 Å². The third-order valence-corrected chi connectivity index (χ3v) is 3.83. The number of hydrogen-bond donors (Lipinski definition) is 1. The van der Waals surface area contributed by atoms with Crippen molar-refractivity contribution in [1.29, 1.82) is 0 Å². The van der Waals surface area contributed by atoms with E-state index in [1.165, 1.54) is 18.2 Å². The number of carbonyl (C=O) groups is 3. The molecule has 0 aromatic heterocycles. The lowest BCUT2D eigenvalue weighted by Crippen LogP contribution is -2.25. The highest BCUT2D eigenvalue weighted by molar-refractivity contribution is 6.01. The quantitative estimate of drug-likeness (QED) is 0.635. The van der Waals surface area contributed by atoms with Crippen LogP contribution in [-0.2, 0) is 20.7 Å². The lowest BCUT2D eigenvalue weighted by atomic mass is 10.1. The van der Waals surface area contributed by atoms with E-state index in [1.807, 2.05) is 0 Å². The van der Waals surface area contributed by atoms with E-state index >= 15 is 0 Å². The second kappa shape index (κ2) is 7.77. The molecule has 0 spiro atoms. The maximum Gasteiger partial charge on any atom is 0.306 e. The largest absolute Gasteiger partial charge is 0.482 e. The van der Waals surface area contributed by atoms with E-state index in [0.29, 0.717) is 23.4 Å². The smallest absolute Gasteiger partial charge is 0.306 e. The zero-order valence-corrected chi connectivity index (χ0v) is 13.8. The van der Waals surface area contributed by atoms with Crippen molar-refractivity contribution in [2.45, 2.75) is 12.8 Å². The van der Waals surface area contributed by atoms with Crippen LogP contribution in [0.3, 0.4) is 0 Å². The van der Waals surface area contributed by atoms with E-state index in [2.05, 4.69) is 5.32 Å². The third kappa shape index (κ3) is 4.44. The predicted molar refractivity (Wildman–Crippen MR) is 90.6 cm³/mol. The van der Waals surface area contributed by atoms with Gasteiger partial charge in [-0.3, -0.25) is 14.4 Å². The van der Waals surface area contributed by atoms with Crippen LogP contribution in [0, 0.1) is 5.82 Å². The number of hydrogen-bond acceptors (Lipinski definition) is 5. The summed E-state index contributed by atoms with van der Waals surface area (Å²) in [4.78, 5) is 35.2. The zero-order chi connectivity index (χ0) is 18.5. The van der Waals surface area contributed by atoms with Gasteiger partial charge in [-0.2, -0.15) is 0 Å². The average molecular weight is 357 g/mol. The van der Waals surface area contributed by atoms with Crippen LogP contribution >= 0.6 is 0 Å². The molecule has 1 aliphatic rings. The molecule has 3 rings (SSSR count). The molecule has 0 saturated heterocycles. The molecule has 134 valence electrons. The number of anilines is 1. The van der Waals surface area contributed by atoms with Gasteiger partial charge in [-0.25, -0.2) is 4.39 Å².